The van der Waals surface area contributed by atoms with E-state index in [-0.39, 0.29) is 18.2 Å². The van der Waals surface area contributed by atoms with Gasteiger partial charge in [-0.05, 0) is 47.2 Å². The number of carbonyl (C=O) groups is 3. The summed E-state index contributed by atoms with van der Waals surface area (Å²) in [7, 11) is 0. The van der Waals surface area contributed by atoms with Crippen LogP contribution < -0.4 is 10.6 Å². The Balaban J connectivity index is 2.11. The lowest BCUT2D eigenvalue weighted by molar-refractivity contribution is -0.134. The summed E-state index contributed by atoms with van der Waals surface area (Å²) in [6.07, 6.45) is 0.577. The van der Waals surface area contributed by atoms with Crippen LogP contribution in [0.25, 0.3) is 0 Å². The van der Waals surface area contributed by atoms with E-state index < -0.39 is 11.9 Å². The second kappa shape index (κ2) is 6.00. The molecule has 1 aliphatic rings. The summed E-state index contributed by atoms with van der Waals surface area (Å²) in [6, 6.07) is 4.69. The number of piperidine rings is 1. The highest BCUT2D eigenvalue weighted by atomic mass is 127. The van der Waals surface area contributed by atoms with Crippen molar-refractivity contribution in [2.45, 2.75) is 18.9 Å². The summed E-state index contributed by atoms with van der Waals surface area (Å²) < 4.78 is 1.59. The molecular weight excluding hydrogens is 427 g/mol. The topological polar surface area (TPSA) is 75.3 Å². The summed E-state index contributed by atoms with van der Waals surface area (Å²) in [6.45, 7) is 0. The second-order valence-corrected chi connectivity index (χ2v) is 6.18. The standard InChI is InChI=1S/C12H10BrIN2O3/c13-6-1-2-8(14)7(5-6)11(18)15-9-3-4-10(17)16-12(9)19/h1-2,5,9H,3-4H2,(H,15,18)(H,16,17,19). The van der Waals surface area contributed by atoms with E-state index in [0.717, 1.165) is 8.04 Å². The van der Waals surface area contributed by atoms with Gasteiger partial charge in [-0.25, -0.2) is 0 Å². The fraction of sp³-hybridized carbons (Fsp3) is 0.250. The van der Waals surface area contributed by atoms with E-state index in [0.29, 0.717) is 12.0 Å². The quantitative estimate of drug-likeness (QED) is 0.546. The molecule has 1 unspecified atom stereocenters. The van der Waals surface area contributed by atoms with Crippen molar-refractivity contribution in [3.63, 3.8) is 0 Å². The van der Waals surface area contributed by atoms with Crippen LogP contribution in [-0.4, -0.2) is 23.8 Å². The fourth-order valence-electron chi connectivity index (χ4n) is 1.74. The van der Waals surface area contributed by atoms with Gasteiger partial charge in [0.2, 0.25) is 11.8 Å². The minimum atomic E-state index is -0.653. The number of rotatable bonds is 2. The first-order chi connectivity index (χ1) is 8.97. The molecule has 0 aromatic heterocycles. The number of imide groups is 1. The molecule has 2 N–H and O–H groups in total. The van der Waals surface area contributed by atoms with Crippen molar-refractivity contribution in [2.24, 2.45) is 0 Å². The lowest BCUT2D eigenvalue weighted by atomic mass is 10.1. The first-order valence-corrected chi connectivity index (χ1v) is 7.44. The monoisotopic (exact) mass is 436 g/mol. The number of nitrogens with one attached hydrogen (secondary N) is 2. The molecule has 3 amide bonds. The molecule has 0 bridgehead atoms. The molecule has 100 valence electrons. The third-order valence-corrected chi connectivity index (χ3v) is 4.15. The number of hydrogen-bond acceptors (Lipinski definition) is 3. The van der Waals surface area contributed by atoms with Gasteiger partial charge in [0.05, 0.1) is 5.56 Å². The Morgan fingerprint density at radius 2 is 2.16 bits per heavy atom. The SMILES string of the molecule is O=C1CCC(NC(=O)c2cc(Br)ccc2I)C(=O)N1. The molecule has 1 aromatic carbocycles. The number of benzene rings is 1. The minimum absolute atomic E-state index is 0.242. The first kappa shape index (κ1) is 14.4. The van der Waals surface area contributed by atoms with Crippen LogP contribution in [0.3, 0.4) is 0 Å². The van der Waals surface area contributed by atoms with Gasteiger partial charge in [0.1, 0.15) is 6.04 Å². The first-order valence-electron chi connectivity index (χ1n) is 5.57. The van der Waals surface area contributed by atoms with Gasteiger partial charge in [0.25, 0.3) is 5.91 Å². The van der Waals surface area contributed by atoms with Gasteiger partial charge in [-0.2, -0.15) is 0 Å². The molecule has 0 spiro atoms. The van der Waals surface area contributed by atoms with Crippen molar-refractivity contribution in [3.05, 3.63) is 31.8 Å². The van der Waals surface area contributed by atoms with E-state index >= 15 is 0 Å². The Morgan fingerprint density at radius 3 is 2.84 bits per heavy atom. The van der Waals surface area contributed by atoms with Crippen molar-refractivity contribution >= 4 is 56.2 Å². The largest absolute Gasteiger partial charge is 0.340 e. The molecule has 1 fully saturated rings. The molecule has 0 saturated carbocycles. The van der Waals surface area contributed by atoms with Gasteiger partial charge >= 0.3 is 0 Å². The molecule has 1 heterocycles. The van der Waals surface area contributed by atoms with Crippen molar-refractivity contribution < 1.29 is 14.4 Å². The smallest absolute Gasteiger partial charge is 0.253 e. The molecule has 1 atom stereocenters. The van der Waals surface area contributed by atoms with Crippen LogP contribution >= 0.6 is 38.5 Å². The predicted octanol–water partition coefficient (Wildman–Crippen LogP) is 1.59. The van der Waals surface area contributed by atoms with Gasteiger partial charge in [-0.1, -0.05) is 15.9 Å². The second-order valence-electron chi connectivity index (χ2n) is 4.10. The molecule has 1 aromatic rings. The van der Waals surface area contributed by atoms with E-state index in [1.54, 1.807) is 6.07 Å². The maximum Gasteiger partial charge on any atom is 0.253 e. The Hall–Kier alpha value is -0.960. The molecular formula is C12H10BrIN2O3. The third-order valence-electron chi connectivity index (χ3n) is 2.72. The van der Waals surface area contributed by atoms with Crippen molar-refractivity contribution in [1.29, 1.82) is 0 Å². The zero-order chi connectivity index (χ0) is 14.0. The molecule has 0 aliphatic carbocycles. The number of halogens is 2. The van der Waals surface area contributed by atoms with E-state index in [4.69, 9.17) is 0 Å². The number of amides is 3. The average molecular weight is 437 g/mol. The molecule has 2 rings (SSSR count). The Bertz CT molecular complexity index is 562. The van der Waals surface area contributed by atoms with E-state index in [2.05, 4.69) is 49.2 Å². The fourth-order valence-corrected chi connectivity index (χ4v) is 2.68. The molecule has 7 heteroatoms. The predicted molar refractivity (Wildman–Crippen MR) is 80.5 cm³/mol. The van der Waals surface area contributed by atoms with E-state index in [1.165, 1.54) is 0 Å². The summed E-state index contributed by atoms with van der Waals surface area (Å²) in [5, 5.41) is 4.85. The van der Waals surface area contributed by atoms with Crippen LogP contribution in [0.2, 0.25) is 0 Å². The van der Waals surface area contributed by atoms with E-state index in [1.807, 2.05) is 12.1 Å². The highest BCUT2D eigenvalue weighted by molar-refractivity contribution is 14.1. The molecule has 5 nitrogen and oxygen atoms in total. The molecule has 19 heavy (non-hydrogen) atoms. The van der Waals surface area contributed by atoms with Crippen molar-refractivity contribution in [1.82, 2.24) is 10.6 Å². The van der Waals surface area contributed by atoms with Crippen LogP contribution in [0, 0.1) is 3.57 Å². The minimum Gasteiger partial charge on any atom is -0.340 e. The third kappa shape index (κ3) is 3.53. The van der Waals surface area contributed by atoms with Crippen LogP contribution in [0.5, 0.6) is 0 Å². The van der Waals surface area contributed by atoms with Crippen LogP contribution in [0.4, 0.5) is 0 Å². The Kier molecular flexibility index (Phi) is 4.56. The number of hydrogen-bond donors (Lipinski definition) is 2. The van der Waals surface area contributed by atoms with Gasteiger partial charge in [0, 0.05) is 14.5 Å². The highest BCUT2D eigenvalue weighted by Gasteiger charge is 2.28. The highest BCUT2D eigenvalue weighted by Crippen LogP contribution is 2.19. The zero-order valence-electron chi connectivity index (χ0n) is 9.70. The lowest BCUT2D eigenvalue weighted by Gasteiger charge is -2.22. The van der Waals surface area contributed by atoms with Crippen molar-refractivity contribution in [2.75, 3.05) is 0 Å². The summed E-state index contributed by atoms with van der Waals surface area (Å²) in [4.78, 5) is 34.7. The average Bonchev–Trinajstić information content (AvgIpc) is 2.35. The molecule has 1 saturated heterocycles. The maximum atomic E-state index is 12.1. The lowest BCUT2D eigenvalue weighted by Crippen LogP contribution is -2.52. The zero-order valence-corrected chi connectivity index (χ0v) is 13.4. The van der Waals surface area contributed by atoms with Crippen molar-refractivity contribution in [3.8, 4) is 0 Å². The van der Waals surface area contributed by atoms with E-state index in [9.17, 15) is 14.4 Å². The van der Waals surface area contributed by atoms with Gasteiger partial charge < -0.3 is 5.32 Å². The maximum absolute atomic E-state index is 12.1. The van der Waals surface area contributed by atoms with Gasteiger partial charge in [-0.15, -0.1) is 0 Å². The summed E-state index contributed by atoms with van der Waals surface area (Å²) >= 11 is 5.36. The van der Waals surface area contributed by atoms with Gasteiger partial charge in [0.15, 0.2) is 0 Å². The molecule has 1 aliphatic heterocycles. The summed E-state index contributed by atoms with van der Waals surface area (Å²) in [5.41, 5.74) is 0.500. The Morgan fingerprint density at radius 1 is 1.42 bits per heavy atom. The summed E-state index contributed by atoms with van der Waals surface area (Å²) in [5.74, 6) is -1.07. The Labute approximate surface area is 131 Å². The van der Waals surface area contributed by atoms with Gasteiger partial charge in [-0.3, -0.25) is 19.7 Å². The normalized spacial score (nSPS) is 18.9. The van der Waals surface area contributed by atoms with Crippen LogP contribution in [0.1, 0.15) is 23.2 Å². The molecule has 0 radical (unpaired) electrons. The van der Waals surface area contributed by atoms with Crippen LogP contribution in [0.15, 0.2) is 22.7 Å². The van der Waals surface area contributed by atoms with Crippen LogP contribution in [-0.2, 0) is 9.59 Å². The number of carbonyl (C=O) groups excluding carboxylic acids is 3.